The Balaban J connectivity index is 2.71. The van der Waals surface area contributed by atoms with Gasteiger partial charge in [-0.1, -0.05) is 65.1 Å². The van der Waals surface area contributed by atoms with E-state index in [0.717, 1.165) is 16.3 Å². The van der Waals surface area contributed by atoms with E-state index < -0.39 is 0 Å². The third-order valence-corrected chi connectivity index (χ3v) is 2.90. The normalized spacial score (nSPS) is 10.4. The summed E-state index contributed by atoms with van der Waals surface area (Å²) in [5.41, 5.74) is 0.831. The third kappa shape index (κ3) is 1.66. The summed E-state index contributed by atoms with van der Waals surface area (Å²) in [6.07, 6.45) is 0. The second-order valence-corrected chi connectivity index (χ2v) is 3.85. The van der Waals surface area contributed by atoms with Crippen LogP contribution >= 0.6 is 22.6 Å². The molecule has 1 nitrogen and oxygen atoms in total. The number of benzene rings is 2. The summed E-state index contributed by atoms with van der Waals surface area (Å²) in [4.78, 5) is 11.6. The Bertz CT molecular complexity index is 471. The van der Waals surface area contributed by atoms with E-state index in [2.05, 4.69) is 22.6 Å². The van der Waals surface area contributed by atoms with E-state index in [1.807, 2.05) is 42.5 Å². The zero-order chi connectivity index (χ0) is 9.97. The summed E-state index contributed by atoms with van der Waals surface area (Å²) in [6.45, 7) is 0. The van der Waals surface area contributed by atoms with Crippen LogP contribution in [0.4, 0.5) is 0 Å². The molecule has 2 rings (SSSR count). The quantitative estimate of drug-likeness (QED) is 0.471. The number of hydrogen-bond acceptors (Lipinski definition) is 1. The molecule has 2 aromatic carbocycles. The summed E-state index contributed by atoms with van der Waals surface area (Å²) in [5.74, 6) is 0.197. The molecule has 0 amide bonds. The fraction of sp³-hybridized carbons (Fsp3) is 0.0833. The Morgan fingerprint density at radius 3 is 2.57 bits per heavy atom. The van der Waals surface area contributed by atoms with Gasteiger partial charge < -0.3 is 0 Å². The zero-order valence-electron chi connectivity index (χ0n) is 7.53. The molecule has 0 atom stereocenters. The van der Waals surface area contributed by atoms with E-state index in [1.165, 1.54) is 0 Å². The van der Waals surface area contributed by atoms with Crippen LogP contribution in [0.15, 0.2) is 42.5 Å². The van der Waals surface area contributed by atoms with Gasteiger partial charge in [-0.25, -0.2) is 0 Å². The van der Waals surface area contributed by atoms with Gasteiger partial charge in [0.05, 0.1) is 4.43 Å². The van der Waals surface area contributed by atoms with Crippen molar-refractivity contribution in [2.75, 3.05) is 4.43 Å². The molecule has 2 heteroatoms. The molecule has 14 heavy (non-hydrogen) atoms. The van der Waals surface area contributed by atoms with Gasteiger partial charge in [0.25, 0.3) is 0 Å². The van der Waals surface area contributed by atoms with Gasteiger partial charge in [-0.15, -0.1) is 0 Å². The average molecular weight is 296 g/mol. The summed E-state index contributed by atoms with van der Waals surface area (Å²) in [7, 11) is 0. The first-order chi connectivity index (χ1) is 6.83. The van der Waals surface area contributed by atoms with Gasteiger partial charge in [-0.2, -0.15) is 0 Å². The highest BCUT2D eigenvalue weighted by atomic mass is 127. The molecule has 0 radical (unpaired) electrons. The van der Waals surface area contributed by atoms with Crippen molar-refractivity contribution in [1.29, 1.82) is 0 Å². The number of hydrogen-bond donors (Lipinski definition) is 0. The van der Waals surface area contributed by atoms with Crippen LogP contribution in [-0.4, -0.2) is 10.2 Å². The van der Waals surface area contributed by atoms with E-state index in [1.54, 1.807) is 0 Å². The lowest BCUT2D eigenvalue weighted by Crippen LogP contribution is -2.00. The highest BCUT2D eigenvalue weighted by molar-refractivity contribution is 14.1. The molecule has 0 bridgehead atoms. The lowest BCUT2D eigenvalue weighted by Gasteiger charge is -2.02. The molecule has 0 saturated heterocycles. The second-order valence-electron chi connectivity index (χ2n) is 3.08. The summed E-state index contributed by atoms with van der Waals surface area (Å²) < 4.78 is 0.533. The van der Waals surface area contributed by atoms with Crippen LogP contribution in [0.2, 0.25) is 0 Å². The number of carbonyl (C=O) groups excluding carboxylic acids is 1. The van der Waals surface area contributed by atoms with Gasteiger partial charge in [0.15, 0.2) is 5.78 Å². The Morgan fingerprint density at radius 2 is 1.79 bits per heavy atom. The maximum Gasteiger partial charge on any atom is 0.173 e. The van der Waals surface area contributed by atoms with Gasteiger partial charge in [-0.05, 0) is 10.8 Å². The van der Waals surface area contributed by atoms with E-state index in [4.69, 9.17) is 0 Å². The highest BCUT2D eigenvalue weighted by Gasteiger charge is 2.06. The number of fused-ring (bicyclic) bond motifs is 1. The number of ketones is 1. The lowest BCUT2D eigenvalue weighted by atomic mass is 10.0. The molecule has 0 fully saturated rings. The third-order valence-electron chi connectivity index (χ3n) is 2.21. The summed E-state index contributed by atoms with van der Waals surface area (Å²) in [5, 5.41) is 2.18. The summed E-state index contributed by atoms with van der Waals surface area (Å²) >= 11 is 2.10. The van der Waals surface area contributed by atoms with Gasteiger partial charge in [-0.3, -0.25) is 4.79 Å². The molecular formula is C12H9IO. The van der Waals surface area contributed by atoms with Crippen LogP contribution in [0.5, 0.6) is 0 Å². The van der Waals surface area contributed by atoms with Crippen LogP contribution < -0.4 is 0 Å². The smallest absolute Gasteiger partial charge is 0.173 e. The van der Waals surface area contributed by atoms with Crippen molar-refractivity contribution >= 4 is 39.1 Å². The first-order valence-corrected chi connectivity index (χ1v) is 5.92. The Hall–Kier alpha value is -0.900. The van der Waals surface area contributed by atoms with Gasteiger partial charge >= 0.3 is 0 Å². The van der Waals surface area contributed by atoms with Gasteiger partial charge in [0.2, 0.25) is 0 Å². The van der Waals surface area contributed by atoms with Crippen molar-refractivity contribution in [3.05, 3.63) is 48.0 Å². The SMILES string of the molecule is O=C(CI)c1cccc2ccccc12. The minimum atomic E-state index is 0.197. The molecule has 0 aliphatic carbocycles. The zero-order valence-corrected chi connectivity index (χ0v) is 9.69. The number of rotatable bonds is 2. The minimum Gasteiger partial charge on any atom is -0.293 e. The molecule has 0 unspecified atom stereocenters. The number of Topliss-reactive ketones (excluding diaryl/α,β-unsaturated/α-hetero) is 1. The monoisotopic (exact) mass is 296 g/mol. The maximum absolute atomic E-state index is 11.6. The van der Waals surface area contributed by atoms with Crippen LogP contribution in [-0.2, 0) is 0 Å². The lowest BCUT2D eigenvalue weighted by molar-refractivity contribution is 0.102. The van der Waals surface area contributed by atoms with Crippen molar-refractivity contribution in [1.82, 2.24) is 0 Å². The predicted molar refractivity (Wildman–Crippen MR) is 67.2 cm³/mol. The van der Waals surface area contributed by atoms with Crippen molar-refractivity contribution < 1.29 is 4.79 Å². The minimum absolute atomic E-state index is 0.197. The van der Waals surface area contributed by atoms with E-state index in [9.17, 15) is 4.79 Å². The molecule has 70 valence electrons. The number of alkyl halides is 1. The molecule has 0 spiro atoms. The summed E-state index contributed by atoms with van der Waals surface area (Å²) in [6, 6.07) is 13.8. The molecule has 0 heterocycles. The first-order valence-electron chi connectivity index (χ1n) is 4.40. The van der Waals surface area contributed by atoms with Crippen molar-refractivity contribution in [3.8, 4) is 0 Å². The molecule has 0 N–H and O–H groups in total. The highest BCUT2D eigenvalue weighted by Crippen LogP contribution is 2.19. The first kappa shape index (κ1) is 9.65. The van der Waals surface area contributed by atoms with Crippen molar-refractivity contribution in [2.24, 2.45) is 0 Å². The Morgan fingerprint density at radius 1 is 1.07 bits per heavy atom. The fourth-order valence-corrected chi connectivity index (χ4v) is 1.95. The Labute approximate surface area is 96.3 Å². The molecule has 0 saturated carbocycles. The van der Waals surface area contributed by atoms with Crippen LogP contribution in [0, 0.1) is 0 Å². The fourth-order valence-electron chi connectivity index (χ4n) is 1.54. The van der Waals surface area contributed by atoms with E-state index in [0.29, 0.717) is 4.43 Å². The Kier molecular flexibility index (Phi) is 2.82. The van der Waals surface area contributed by atoms with Crippen LogP contribution in [0.3, 0.4) is 0 Å². The number of halogens is 1. The largest absolute Gasteiger partial charge is 0.293 e. The van der Waals surface area contributed by atoms with Crippen molar-refractivity contribution in [3.63, 3.8) is 0 Å². The molecule has 0 aromatic heterocycles. The van der Waals surface area contributed by atoms with Crippen LogP contribution in [0.1, 0.15) is 10.4 Å². The second kappa shape index (κ2) is 4.09. The van der Waals surface area contributed by atoms with E-state index >= 15 is 0 Å². The topological polar surface area (TPSA) is 17.1 Å². The standard InChI is InChI=1S/C12H9IO/c13-8-12(14)11-7-3-5-9-4-1-2-6-10(9)11/h1-7H,8H2. The average Bonchev–Trinajstić information content (AvgIpc) is 2.27. The molecular weight excluding hydrogens is 287 g/mol. The van der Waals surface area contributed by atoms with Gasteiger partial charge in [0.1, 0.15) is 0 Å². The van der Waals surface area contributed by atoms with E-state index in [-0.39, 0.29) is 5.78 Å². The van der Waals surface area contributed by atoms with Crippen molar-refractivity contribution in [2.45, 2.75) is 0 Å². The molecule has 2 aromatic rings. The predicted octanol–water partition coefficient (Wildman–Crippen LogP) is 3.46. The van der Waals surface area contributed by atoms with Crippen LogP contribution in [0.25, 0.3) is 10.8 Å². The number of carbonyl (C=O) groups is 1. The molecule has 0 aliphatic rings. The molecule has 0 aliphatic heterocycles. The maximum atomic E-state index is 11.6. The van der Waals surface area contributed by atoms with Gasteiger partial charge in [0, 0.05) is 5.56 Å².